The molecule has 9 heteroatoms. The third kappa shape index (κ3) is 7.04. The van der Waals surface area contributed by atoms with Crippen LogP contribution in [-0.2, 0) is 4.79 Å². The second-order valence-electron chi connectivity index (χ2n) is 10.4. The van der Waals surface area contributed by atoms with Gasteiger partial charge < -0.3 is 20.4 Å². The lowest BCUT2D eigenvalue weighted by Gasteiger charge is -2.34. The van der Waals surface area contributed by atoms with Crippen LogP contribution in [0.25, 0.3) is 11.3 Å². The number of carbonyl (C=O) groups is 2. The van der Waals surface area contributed by atoms with E-state index in [9.17, 15) is 14.0 Å². The maximum absolute atomic E-state index is 13.4. The number of hydrogen-bond acceptors (Lipinski definition) is 6. The number of aromatic nitrogens is 2. The van der Waals surface area contributed by atoms with E-state index in [0.29, 0.717) is 37.0 Å². The SMILES string of the molecule is CN1CCN(C(=O)C(CCCN[C@@H]2C[C@H]2c2ccc(F)cc2)NC(=O)c2ccc(-c3cccnn3)cc2)CC1. The standard InChI is InChI=1S/C30H35FN6O2/c1-36-16-18-37(19-17-36)30(39)27(5-2-14-32-28-20-25(28)21-10-12-24(31)13-11-21)34-29(38)23-8-6-22(7-9-23)26-4-3-15-33-35-26/h3-4,6-13,15,25,27-28,32H,2,5,14,16-20H2,1H3,(H,34,38)/t25-,27?,28+/m0/s1. The van der Waals surface area contributed by atoms with Crippen LogP contribution >= 0.6 is 0 Å². The van der Waals surface area contributed by atoms with Gasteiger partial charge in [0.15, 0.2) is 0 Å². The van der Waals surface area contributed by atoms with Crippen LogP contribution in [-0.4, -0.2) is 83.7 Å². The molecule has 1 saturated carbocycles. The highest BCUT2D eigenvalue weighted by Gasteiger charge is 2.37. The van der Waals surface area contributed by atoms with Crippen LogP contribution in [0.4, 0.5) is 4.39 Å². The zero-order valence-electron chi connectivity index (χ0n) is 22.2. The van der Waals surface area contributed by atoms with Crippen LogP contribution < -0.4 is 10.6 Å². The first-order chi connectivity index (χ1) is 19.0. The first-order valence-electron chi connectivity index (χ1n) is 13.6. The van der Waals surface area contributed by atoms with Crippen LogP contribution in [0.15, 0.2) is 66.9 Å². The molecular weight excluding hydrogens is 495 g/mol. The van der Waals surface area contributed by atoms with Crippen LogP contribution in [0.1, 0.15) is 41.1 Å². The molecular formula is C30H35FN6O2. The zero-order chi connectivity index (χ0) is 27.2. The Morgan fingerprint density at radius 3 is 2.46 bits per heavy atom. The topological polar surface area (TPSA) is 90.5 Å². The fraction of sp³-hybridized carbons (Fsp3) is 0.400. The molecule has 2 aliphatic rings. The number of benzene rings is 2. The summed E-state index contributed by atoms with van der Waals surface area (Å²) in [5.41, 5.74) is 3.25. The van der Waals surface area contributed by atoms with E-state index in [0.717, 1.165) is 49.3 Å². The van der Waals surface area contributed by atoms with Gasteiger partial charge in [-0.15, -0.1) is 0 Å². The molecule has 2 fully saturated rings. The van der Waals surface area contributed by atoms with Crippen molar-refractivity contribution in [2.24, 2.45) is 0 Å². The summed E-state index contributed by atoms with van der Waals surface area (Å²) in [4.78, 5) is 30.7. The number of rotatable bonds is 10. The number of nitrogens with zero attached hydrogens (tertiary/aromatic N) is 4. The molecule has 3 atom stereocenters. The molecule has 0 radical (unpaired) electrons. The molecule has 1 aliphatic carbocycles. The van der Waals surface area contributed by atoms with Gasteiger partial charge in [-0.25, -0.2) is 4.39 Å². The van der Waals surface area contributed by atoms with Crippen LogP contribution in [0.2, 0.25) is 0 Å². The molecule has 204 valence electrons. The lowest BCUT2D eigenvalue weighted by atomic mass is 10.1. The van der Waals surface area contributed by atoms with Gasteiger partial charge in [0, 0.05) is 55.5 Å². The minimum atomic E-state index is -0.588. The summed E-state index contributed by atoms with van der Waals surface area (Å²) < 4.78 is 13.2. The van der Waals surface area contributed by atoms with Gasteiger partial charge in [0.05, 0.1) is 5.69 Å². The van der Waals surface area contributed by atoms with Crippen molar-refractivity contribution in [2.75, 3.05) is 39.8 Å². The maximum Gasteiger partial charge on any atom is 0.251 e. The van der Waals surface area contributed by atoms with Crippen molar-refractivity contribution in [1.82, 2.24) is 30.6 Å². The summed E-state index contributed by atoms with van der Waals surface area (Å²) in [6.45, 7) is 3.72. The molecule has 2 N–H and O–H groups in total. The predicted molar refractivity (Wildman–Crippen MR) is 148 cm³/mol. The number of likely N-dealkylation sites (N-methyl/N-ethyl adjacent to an activating group) is 1. The summed E-state index contributed by atoms with van der Waals surface area (Å²) in [6.07, 6.45) is 3.95. The van der Waals surface area contributed by atoms with E-state index in [1.165, 1.54) is 12.1 Å². The number of carbonyl (C=O) groups excluding carboxylic acids is 2. The second kappa shape index (κ2) is 12.4. The summed E-state index contributed by atoms with van der Waals surface area (Å²) in [5.74, 6) is -0.107. The van der Waals surface area contributed by atoms with Crippen molar-refractivity contribution in [1.29, 1.82) is 0 Å². The first-order valence-corrected chi connectivity index (χ1v) is 13.6. The molecule has 2 aromatic carbocycles. The lowest BCUT2D eigenvalue weighted by Crippen LogP contribution is -2.54. The Kier molecular flexibility index (Phi) is 8.58. The molecule has 2 heterocycles. The summed E-state index contributed by atoms with van der Waals surface area (Å²) in [5, 5.41) is 14.6. The van der Waals surface area contributed by atoms with Crippen molar-refractivity contribution in [3.8, 4) is 11.3 Å². The van der Waals surface area contributed by atoms with E-state index < -0.39 is 6.04 Å². The van der Waals surface area contributed by atoms with E-state index in [2.05, 4.69) is 32.8 Å². The number of hydrogen-bond donors (Lipinski definition) is 2. The van der Waals surface area contributed by atoms with Crippen molar-refractivity contribution in [3.05, 3.63) is 83.8 Å². The average molecular weight is 531 g/mol. The van der Waals surface area contributed by atoms with Gasteiger partial charge in [0.1, 0.15) is 11.9 Å². The van der Waals surface area contributed by atoms with E-state index >= 15 is 0 Å². The van der Waals surface area contributed by atoms with E-state index in [1.807, 2.05) is 41.3 Å². The molecule has 39 heavy (non-hydrogen) atoms. The summed E-state index contributed by atoms with van der Waals surface area (Å²) in [7, 11) is 2.05. The van der Waals surface area contributed by atoms with Gasteiger partial charge >= 0.3 is 0 Å². The Hall–Kier alpha value is -3.69. The summed E-state index contributed by atoms with van der Waals surface area (Å²) >= 11 is 0. The first kappa shape index (κ1) is 26.9. The van der Waals surface area contributed by atoms with Gasteiger partial charge in [0.2, 0.25) is 5.91 Å². The summed E-state index contributed by atoms with van der Waals surface area (Å²) in [6, 6.07) is 17.4. The predicted octanol–water partition coefficient (Wildman–Crippen LogP) is 3.08. The third-order valence-corrected chi connectivity index (χ3v) is 7.60. The molecule has 8 nitrogen and oxygen atoms in total. The second-order valence-corrected chi connectivity index (χ2v) is 10.4. The Morgan fingerprint density at radius 2 is 1.77 bits per heavy atom. The van der Waals surface area contributed by atoms with E-state index in [1.54, 1.807) is 18.3 Å². The molecule has 3 aromatic rings. The maximum atomic E-state index is 13.4. The Morgan fingerprint density at radius 1 is 1.03 bits per heavy atom. The minimum absolute atomic E-state index is 0.0248. The van der Waals surface area contributed by atoms with Crippen molar-refractivity contribution < 1.29 is 14.0 Å². The van der Waals surface area contributed by atoms with E-state index in [4.69, 9.17) is 0 Å². The quantitative estimate of drug-likeness (QED) is 0.392. The van der Waals surface area contributed by atoms with Crippen LogP contribution in [0.5, 0.6) is 0 Å². The van der Waals surface area contributed by atoms with Gasteiger partial charge in [-0.2, -0.15) is 10.2 Å². The molecule has 0 spiro atoms. The highest BCUT2D eigenvalue weighted by atomic mass is 19.1. The fourth-order valence-electron chi connectivity index (χ4n) is 5.09. The average Bonchev–Trinajstić information content (AvgIpc) is 3.75. The number of amides is 2. The molecule has 2 amide bonds. The highest BCUT2D eigenvalue weighted by Crippen LogP contribution is 2.40. The molecule has 1 unspecified atom stereocenters. The van der Waals surface area contributed by atoms with Crippen LogP contribution in [0, 0.1) is 5.82 Å². The third-order valence-electron chi connectivity index (χ3n) is 7.60. The Bertz CT molecular complexity index is 1250. The van der Waals surface area contributed by atoms with Gasteiger partial charge in [-0.1, -0.05) is 24.3 Å². The lowest BCUT2D eigenvalue weighted by molar-refractivity contribution is -0.135. The monoisotopic (exact) mass is 530 g/mol. The normalized spacial score (nSPS) is 19.9. The zero-order valence-corrected chi connectivity index (χ0v) is 22.2. The Labute approximate surface area is 228 Å². The largest absolute Gasteiger partial charge is 0.340 e. The van der Waals surface area contributed by atoms with Crippen molar-refractivity contribution in [2.45, 2.75) is 37.3 Å². The smallest absolute Gasteiger partial charge is 0.251 e. The minimum Gasteiger partial charge on any atom is -0.340 e. The number of piperazine rings is 1. The van der Waals surface area contributed by atoms with Crippen molar-refractivity contribution in [3.63, 3.8) is 0 Å². The van der Waals surface area contributed by atoms with Gasteiger partial charge in [-0.3, -0.25) is 9.59 Å². The van der Waals surface area contributed by atoms with Gasteiger partial charge in [-0.05, 0) is 74.8 Å². The molecule has 1 aromatic heterocycles. The fourth-order valence-corrected chi connectivity index (χ4v) is 5.09. The molecule has 0 bridgehead atoms. The Balaban J connectivity index is 1.17. The molecule has 5 rings (SSSR count). The number of nitrogens with one attached hydrogen (secondary N) is 2. The highest BCUT2D eigenvalue weighted by molar-refractivity contribution is 5.97. The van der Waals surface area contributed by atoms with Crippen molar-refractivity contribution >= 4 is 11.8 Å². The molecule has 1 saturated heterocycles. The van der Waals surface area contributed by atoms with Crippen LogP contribution in [0.3, 0.4) is 0 Å². The van der Waals surface area contributed by atoms with E-state index in [-0.39, 0.29) is 17.6 Å². The van der Waals surface area contributed by atoms with Gasteiger partial charge in [0.25, 0.3) is 5.91 Å². The molecule has 1 aliphatic heterocycles. The number of halogens is 1.